The number of hydrogen-bond acceptors (Lipinski definition) is 4. The van der Waals surface area contributed by atoms with Crippen LogP contribution >= 0.6 is 0 Å². The van der Waals surface area contributed by atoms with Crippen molar-refractivity contribution in [2.45, 2.75) is 110 Å². The molecular formula is C39H60O4. The highest BCUT2D eigenvalue weighted by atomic mass is 16.6. The first-order chi connectivity index (χ1) is 21.2. The van der Waals surface area contributed by atoms with E-state index in [9.17, 15) is 9.90 Å². The number of carbonyl (C=O) groups excluding carboxylic acids is 1. The van der Waals surface area contributed by atoms with E-state index >= 15 is 0 Å². The van der Waals surface area contributed by atoms with Crippen molar-refractivity contribution in [1.82, 2.24) is 0 Å². The molecule has 1 atom stereocenters. The Labute approximate surface area is 264 Å². The SMILES string of the molecule is CC/C=C\C/C=C\C/C=C\C/C=C\C/C=C\CC(=O)OC(CO)COCCCCC/C=C\C/C=C\C/C=C\C/C=C\CC. The first-order valence-corrected chi connectivity index (χ1v) is 16.5. The quantitative estimate of drug-likeness (QED) is 0.0558. The zero-order chi connectivity index (χ0) is 31.3. The Morgan fingerprint density at radius 2 is 0.977 bits per heavy atom. The van der Waals surface area contributed by atoms with Gasteiger partial charge in [0.25, 0.3) is 0 Å². The molecule has 0 fully saturated rings. The molecule has 0 aromatic rings. The number of rotatable bonds is 28. The fourth-order valence-electron chi connectivity index (χ4n) is 3.74. The summed E-state index contributed by atoms with van der Waals surface area (Å²) in [6, 6.07) is 0. The maximum atomic E-state index is 12.0. The van der Waals surface area contributed by atoms with Crippen molar-refractivity contribution in [3.05, 3.63) is 109 Å². The second-order valence-corrected chi connectivity index (χ2v) is 10.1. The third kappa shape index (κ3) is 33.4. The van der Waals surface area contributed by atoms with Gasteiger partial charge in [-0.1, -0.05) is 130 Å². The molecule has 0 saturated carbocycles. The summed E-state index contributed by atoms with van der Waals surface area (Å²) >= 11 is 0. The Hall–Kier alpha value is -2.95. The van der Waals surface area contributed by atoms with Crippen LogP contribution < -0.4 is 0 Å². The lowest BCUT2D eigenvalue weighted by Gasteiger charge is -2.15. The van der Waals surface area contributed by atoms with Gasteiger partial charge in [-0.05, 0) is 77.0 Å². The minimum absolute atomic E-state index is 0.196. The third-order valence-corrected chi connectivity index (χ3v) is 6.13. The fraction of sp³-hybridized carbons (Fsp3) is 0.513. The van der Waals surface area contributed by atoms with Crippen LogP contribution in [-0.4, -0.2) is 37.0 Å². The molecule has 0 amide bonds. The summed E-state index contributed by atoms with van der Waals surface area (Å²) in [5.41, 5.74) is 0. The molecule has 0 bridgehead atoms. The number of allylic oxidation sites excluding steroid dienone is 17. The van der Waals surface area contributed by atoms with Crippen LogP contribution in [0, 0.1) is 0 Å². The van der Waals surface area contributed by atoms with Crippen molar-refractivity contribution in [2.75, 3.05) is 19.8 Å². The molecule has 4 nitrogen and oxygen atoms in total. The van der Waals surface area contributed by atoms with Gasteiger partial charge in [0.15, 0.2) is 0 Å². The molecule has 0 aliphatic heterocycles. The Kier molecular flexibility index (Phi) is 32.8. The summed E-state index contributed by atoms with van der Waals surface area (Å²) in [4.78, 5) is 12.0. The van der Waals surface area contributed by atoms with Crippen molar-refractivity contribution in [3.63, 3.8) is 0 Å². The smallest absolute Gasteiger partial charge is 0.310 e. The van der Waals surface area contributed by atoms with Gasteiger partial charge in [-0.3, -0.25) is 4.79 Å². The maximum Gasteiger partial charge on any atom is 0.310 e. The molecule has 0 aromatic carbocycles. The van der Waals surface area contributed by atoms with Crippen molar-refractivity contribution < 1.29 is 19.4 Å². The zero-order valence-electron chi connectivity index (χ0n) is 27.2. The molecule has 43 heavy (non-hydrogen) atoms. The largest absolute Gasteiger partial charge is 0.457 e. The van der Waals surface area contributed by atoms with Gasteiger partial charge in [-0.25, -0.2) is 0 Å². The Bertz CT molecular complexity index is 883. The summed E-state index contributed by atoms with van der Waals surface area (Å²) < 4.78 is 11.0. The fourth-order valence-corrected chi connectivity index (χ4v) is 3.74. The molecule has 0 heterocycles. The average Bonchev–Trinajstić information content (AvgIpc) is 3.01. The molecule has 0 radical (unpaired) electrons. The van der Waals surface area contributed by atoms with E-state index in [-0.39, 0.29) is 25.6 Å². The predicted molar refractivity (Wildman–Crippen MR) is 186 cm³/mol. The second kappa shape index (κ2) is 35.2. The average molecular weight is 593 g/mol. The molecule has 4 heteroatoms. The lowest BCUT2D eigenvalue weighted by Crippen LogP contribution is -2.27. The van der Waals surface area contributed by atoms with Gasteiger partial charge >= 0.3 is 5.97 Å². The van der Waals surface area contributed by atoms with E-state index in [1.165, 1.54) is 0 Å². The molecule has 240 valence electrons. The van der Waals surface area contributed by atoms with Gasteiger partial charge in [0, 0.05) is 6.61 Å². The van der Waals surface area contributed by atoms with Crippen LogP contribution in [0.15, 0.2) is 109 Å². The van der Waals surface area contributed by atoms with Crippen LogP contribution in [0.3, 0.4) is 0 Å². The first-order valence-electron chi connectivity index (χ1n) is 16.5. The van der Waals surface area contributed by atoms with Crippen molar-refractivity contribution in [3.8, 4) is 0 Å². The number of unbranched alkanes of at least 4 members (excludes halogenated alkanes) is 3. The lowest BCUT2D eigenvalue weighted by molar-refractivity contribution is -0.153. The molecule has 0 spiro atoms. The first kappa shape index (κ1) is 40.1. The zero-order valence-corrected chi connectivity index (χ0v) is 27.2. The highest BCUT2D eigenvalue weighted by Crippen LogP contribution is 2.04. The lowest BCUT2D eigenvalue weighted by atomic mass is 10.2. The third-order valence-electron chi connectivity index (χ3n) is 6.13. The summed E-state index contributed by atoms with van der Waals surface area (Å²) in [6.45, 7) is 4.90. The van der Waals surface area contributed by atoms with Crippen LogP contribution in [0.25, 0.3) is 0 Å². The van der Waals surface area contributed by atoms with Crippen LogP contribution in [0.5, 0.6) is 0 Å². The molecular weight excluding hydrogens is 532 g/mol. The number of carbonyl (C=O) groups is 1. The Balaban J connectivity index is 3.73. The van der Waals surface area contributed by atoms with E-state index in [0.717, 1.165) is 83.5 Å². The Morgan fingerprint density at radius 1 is 0.558 bits per heavy atom. The number of esters is 1. The molecule has 0 rings (SSSR count). The molecule has 1 unspecified atom stereocenters. The molecule has 0 saturated heterocycles. The predicted octanol–water partition coefficient (Wildman–Crippen LogP) is 10.4. The highest BCUT2D eigenvalue weighted by molar-refractivity contribution is 5.71. The summed E-state index contributed by atoms with van der Waals surface area (Å²) in [6.07, 6.45) is 51.4. The topological polar surface area (TPSA) is 55.8 Å². The highest BCUT2D eigenvalue weighted by Gasteiger charge is 2.12. The summed E-state index contributed by atoms with van der Waals surface area (Å²) in [5, 5.41) is 9.51. The van der Waals surface area contributed by atoms with Gasteiger partial charge < -0.3 is 14.6 Å². The second-order valence-electron chi connectivity index (χ2n) is 10.1. The van der Waals surface area contributed by atoms with Crippen molar-refractivity contribution in [1.29, 1.82) is 0 Å². The van der Waals surface area contributed by atoms with Gasteiger partial charge in [0.2, 0.25) is 0 Å². The van der Waals surface area contributed by atoms with E-state index in [1.807, 2.05) is 12.2 Å². The van der Waals surface area contributed by atoms with Crippen molar-refractivity contribution >= 4 is 5.97 Å². The summed E-state index contributed by atoms with van der Waals surface area (Å²) in [7, 11) is 0. The maximum absolute atomic E-state index is 12.0. The Morgan fingerprint density at radius 3 is 1.42 bits per heavy atom. The summed E-state index contributed by atoms with van der Waals surface area (Å²) in [5.74, 6) is -0.345. The van der Waals surface area contributed by atoms with E-state index in [4.69, 9.17) is 9.47 Å². The normalized spacial score (nSPS) is 13.8. The number of hydrogen-bond donors (Lipinski definition) is 1. The number of ether oxygens (including phenoxy) is 2. The number of aliphatic hydroxyl groups excluding tert-OH is 1. The van der Waals surface area contributed by atoms with E-state index in [1.54, 1.807) is 0 Å². The minimum atomic E-state index is -0.611. The van der Waals surface area contributed by atoms with Gasteiger partial charge in [-0.15, -0.1) is 0 Å². The monoisotopic (exact) mass is 592 g/mol. The van der Waals surface area contributed by atoms with E-state index in [0.29, 0.717) is 6.61 Å². The minimum Gasteiger partial charge on any atom is -0.457 e. The van der Waals surface area contributed by atoms with Crippen molar-refractivity contribution in [2.24, 2.45) is 0 Å². The van der Waals surface area contributed by atoms with Crippen LogP contribution in [0.4, 0.5) is 0 Å². The van der Waals surface area contributed by atoms with E-state index < -0.39 is 6.10 Å². The van der Waals surface area contributed by atoms with Crippen LogP contribution in [0.1, 0.15) is 104 Å². The molecule has 0 aliphatic carbocycles. The van der Waals surface area contributed by atoms with Gasteiger partial charge in [0.1, 0.15) is 6.10 Å². The molecule has 0 aliphatic rings. The molecule has 0 aromatic heterocycles. The molecule has 1 N–H and O–H groups in total. The van der Waals surface area contributed by atoms with Gasteiger partial charge in [0.05, 0.1) is 19.6 Å². The standard InChI is InChI=1S/C39H60O4/c1-3-5-7-9-11-13-15-17-19-21-23-25-27-29-31-33-35-42-37-38(36-40)43-39(41)34-32-30-28-26-24-22-20-18-16-14-12-10-8-6-4-2/h5-8,11-14,17-20,23-26,30,32,38,40H,3-4,9-10,15-16,21-22,27-29,31,33-37H2,1-2H3/b7-5-,8-6-,13-11-,14-12-,19-17-,20-18-,25-23-,26-24-,32-30-. The van der Waals surface area contributed by atoms with E-state index in [2.05, 4.69) is 111 Å². The van der Waals surface area contributed by atoms with Crippen LogP contribution in [0.2, 0.25) is 0 Å². The van der Waals surface area contributed by atoms with Crippen LogP contribution in [-0.2, 0) is 14.3 Å². The van der Waals surface area contributed by atoms with Gasteiger partial charge in [-0.2, -0.15) is 0 Å². The number of aliphatic hydroxyl groups is 1.